The van der Waals surface area contributed by atoms with Crippen molar-refractivity contribution in [3.8, 4) is 5.75 Å². The Morgan fingerprint density at radius 1 is 0.833 bits per heavy atom. The number of ether oxygens (including phenoxy) is 2. The molecule has 48 heavy (non-hydrogen) atoms. The topological polar surface area (TPSA) is 72.8 Å². The predicted molar refractivity (Wildman–Crippen MR) is 187 cm³/mol. The van der Waals surface area contributed by atoms with E-state index in [1.807, 2.05) is 12.1 Å². The molecule has 13 atom stereocenters. The maximum absolute atomic E-state index is 13.3. The van der Waals surface area contributed by atoms with Gasteiger partial charge in [-0.3, -0.25) is 9.59 Å². The normalized spacial score (nSPS) is 44.2. The number of allylic oxidation sites excluding steroid dienone is 3. The lowest BCUT2D eigenvalue weighted by Crippen LogP contribution is -2.53. The van der Waals surface area contributed by atoms with Crippen LogP contribution in [0.1, 0.15) is 128 Å². The first-order valence-corrected chi connectivity index (χ1v) is 19.5. The van der Waals surface area contributed by atoms with Gasteiger partial charge in [0.2, 0.25) is 0 Å². The van der Waals surface area contributed by atoms with Crippen molar-refractivity contribution < 1.29 is 24.2 Å². The highest BCUT2D eigenvalue weighted by Crippen LogP contribution is 2.66. The molecule has 1 aromatic carbocycles. The molecule has 0 bridgehead atoms. The highest BCUT2D eigenvalue weighted by atomic mass is 16.6. The van der Waals surface area contributed by atoms with Crippen LogP contribution in [0, 0.1) is 58.2 Å². The largest absolute Gasteiger partial charge is 0.508 e. The van der Waals surface area contributed by atoms with Crippen LogP contribution in [0.2, 0.25) is 0 Å². The first-order chi connectivity index (χ1) is 23.0. The molecule has 1 aromatic rings. The van der Waals surface area contributed by atoms with Gasteiger partial charge < -0.3 is 14.6 Å². The first kappa shape index (κ1) is 32.6. The molecular weight excluding hydrogens is 596 g/mol. The number of hydrogen-bond donors (Lipinski definition) is 1. The van der Waals surface area contributed by atoms with Gasteiger partial charge in [0.05, 0.1) is 12.8 Å². The number of phenols is 1. The average Bonchev–Trinajstić information content (AvgIpc) is 3.54. The van der Waals surface area contributed by atoms with Gasteiger partial charge >= 0.3 is 11.9 Å². The van der Waals surface area contributed by atoms with Crippen molar-refractivity contribution in [3.63, 3.8) is 0 Å². The van der Waals surface area contributed by atoms with E-state index < -0.39 is 0 Å². The molecule has 8 rings (SSSR count). The van der Waals surface area contributed by atoms with E-state index in [0.29, 0.717) is 53.1 Å². The van der Waals surface area contributed by atoms with Crippen molar-refractivity contribution in [2.24, 2.45) is 58.2 Å². The Bertz CT molecular complexity index is 1510. The van der Waals surface area contributed by atoms with Crippen LogP contribution in [0.3, 0.4) is 0 Å². The minimum absolute atomic E-state index is 0.00679. The summed E-state index contributed by atoms with van der Waals surface area (Å²) in [6.07, 6.45) is 15.6. The molecule has 7 aliphatic carbocycles. The van der Waals surface area contributed by atoms with Crippen LogP contribution in [-0.2, 0) is 25.5 Å². The van der Waals surface area contributed by atoms with Crippen LogP contribution in [-0.4, -0.2) is 29.3 Å². The summed E-state index contributed by atoms with van der Waals surface area (Å²) in [5.74, 6) is 5.54. The number of rotatable bonds is 5. The smallest absolute Gasteiger partial charge is 0.306 e. The van der Waals surface area contributed by atoms with Gasteiger partial charge in [0, 0.05) is 10.8 Å². The number of carbonyl (C=O) groups excluding carboxylic acids is 2. The number of benzene rings is 1. The van der Waals surface area contributed by atoms with Crippen LogP contribution in [0.25, 0.3) is 0 Å². The van der Waals surface area contributed by atoms with Gasteiger partial charge in [-0.05, 0) is 154 Å². The minimum atomic E-state index is -0.245. The zero-order valence-electron chi connectivity index (χ0n) is 29.8. The van der Waals surface area contributed by atoms with E-state index in [2.05, 4.69) is 46.4 Å². The minimum Gasteiger partial charge on any atom is -0.508 e. The Labute approximate surface area is 288 Å². The summed E-state index contributed by atoms with van der Waals surface area (Å²) >= 11 is 0. The molecular formula is C43H58O5. The summed E-state index contributed by atoms with van der Waals surface area (Å²) in [7, 11) is 0. The molecule has 0 aliphatic heterocycles. The zero-order chi connectivity index (χ0) is 33.5. The monoisotopic (exact) mass is 654 g/mol. The number of phenolic OH excluding ortho intramolecular Hbond substituents is 1. The molecule has 5 nitrogen and oxygen atoms in total. The lowest BCUT2D eigenvalue weighted by Gasteiger charge is -2.58. The van der Waals surface area contributed by atoms with Crippen LogP contribution in [0.15, 0.2) is 42.0 Å². The summed E-state index contributed by atoms with van der Waals surface area (Å²) in [6.45, 7) is 14.0. The van der Waals surface area contributed by atoms with Crippen molar-refractivity contribution >= 4 is 11.9 Å². The fourth-order valence-corrected chi connectivity index (χ4v) is 13.7. The third-order valence-electron chi connectivity index (χ3n) is 15.7. The Morgan fingerprint density at radius 3 is 2.29 bits per heavy atom. The maximum Gasteiger partial charge on any atom is 0.306 e. The fraction of sp³-hybridized carbons (Fsp3) is 0.721. The van der Waals surface area contributed by atoms with Gasteiger partial charge in [-0.25, -0.2) is 0 Å². The standard InChI is InChI=1S/C43H58O5/c1-24-6-9-31-28(20-24)21-25(2)41-35-13-15-37(43(35,5)23-26(3)40(31)41)48-39(46)17-16-38(45)47-36-14-12-34-33-10-7-27-22-29(44)8-11-30(27)32(33)18-19-42(34,36)4/h8,11,20,22,25-26,31-37,40-41,44H,1,6-7,9-10,12-19,21,23H2,2-5H3/t25-,26+,31?,32?,33?,34?,35?,36+,37+,40?,41?,42+,43+/m1/s1. The molecule has 260 valence electrons. The summed E-state index contributed by atoms with van der Waals surface area (Å²) in [5, 5.41) is 10.0. The van der Waals surface area contributed by atoms with Crippen molar-refractivity contribution in [2.45, 2.75) is 136 Å². The SMILES string of the molecule is C=C1C=C2C[C@@H](C)C3C(C2CC1)[C@@H](C)C[C@@]1(C)C3CC[C@@H]1OC(=O)CCC(=O)O[C@H]1CCC2C3CCc4cc(O)ccc4C3CC[C@@]21C. The fourth-order valence-electron chi connectivity index (χ4n) is 13.7. The summed E-state index contributed by atoms with van der Waals surface area (Å²) < 4.78 is 12.5. The summed E-state index contributed by atoms with van der Waals surface area (Å²) in [4.78, 5) is 26.5. The lowest BCUT2D eigenvalue weighted by atomic mass is 9.47. The number of aryl methyl sites for hydroxylation is 1. The molecule has 0 spiro atoms. The van der Waals surface area contributed by atoms with Crippen LogP contribution < -0.4 is 0 Å². The third kappa shape index (κ3) is 5.22. The highest BCUT2D eigenvalue weighted by Gasteiger charge is 2.61. The van der Waals surface area contributed by atoms with Gasteiger partial charge in [0.1, 0.15) is 18.0 Å². The second-order valence-corrected chi connectivity index (χ2v) is 18.1. The summed E-state index contributed by atoms with van der Waals surface area (Å²) in [6, 6.07) is 5.94. The van der Waals surface area contributed by atoms with E-state index in [0.717, 1.165) is 70.1 Å². The van der Waals surface area contributed by atoms with Crippen molar-refractivity contribution in [2.75, 3.05) is 0 Å². The van der Waals surface area contributed by atoms with E-state index in [9.17, 15) is 14.7 Å². The molecule has 5 saturated carbocycles. The molecule has 0 radical (unpaired) electrons. The van der Waals surface area contributed by atoms with Gasteiger partial charge in [-0.15, -0.1) is 0 Å². The highest BCUT2D eigenvalue weighted by molar-refractivity contribution is 5.78. The van der Waals surface area contributed by atoms with Crippen LogP contribution >= 0.6 is 0 Å². The number of aromatic hydroxyl groups is 1. The lowest BCUT2D eigenvalue weighted by molar-refractivity contribution is -0.167. The van der Waals surface area contributed by atoms with Crippen LogP contribution in [0.4, 0.5) is 0 Å². The zero-order valence-corrected chi connectivity index (χ0v) is 29.8. The number of carbonyl (C=O) groups is 2. The van der Waals surface area contributed by atoms with Crippen molar-refractivity contribution in [3.05, 3.63) is 53.1 Å². The van der Waals surface area contributed by atoms with Crippen molar-refractivity contribution in [1.82, 2.24) is 0 Å². The molecule has 0 saturated heterocycles. The Morgan fingerprint density at radius 2 is 1.54 bits per heavy atom. The van der Waals surface area contributed by atoms with Crippen molar-refractivity contribution in [1.29, 1.82) is 0 Å². The molecule has 1 N–H and O–H groups in total. The molecule has 0 heterocycles. The van der Waals surface area contributed by atoms with Gasteiger partial charge in [-0.2, -0.15) is 0 Å². The Balaban J connectivity index is 0.863. The average molecular weight is 655 g/mol. The van der Waals surface area contributed by atoms with Crippen LogP contribution in [0.5, 0.6) is 5.75 Å². The molecule has 0 aromatic heterocycles. The molecule has 0 amide bonds. The van der Waals surface area contributed by atoms with Gasteiger partial charge in [0.25, 0.3) is 0 Å². The second kappa shape index (κ2) is 12.0. The number of esters is 2. The second-order valence-electron chi connectivity index (χ2n) is 18.1. The Hall–Kier alpha value is -2.56. The Kier molecular flexibility index (Phi) is 8.19. The van der Waals surface area contributed by atoms with E-state index in [-0.39, 0.29) is 47.8 Å². The van der Waals surface area contributed by atoms with Gasteiger partial charge in [0.15, 0.2) is 0 Å². The van der Waals surface area contributed by atoms with E-state index >= 15 is 0 Å². The van der Waals surface area contributed by atoms with E-state index in [1.54, 1.807) is 5.57 Å². The maximum atomic E-state index is 13.3. The first-order valence-electron chi connectivity index (χ1n) is 19.5. The molecule has 7 aliphatic rings. The number of fused-ring (bicyclic) bond motifs is 10. The van der Waals surface area contributed by atoms with E-state index in [4.69, 9.17) is 9.47 Å². The quantitative estimate of drug-likeness (QED) is 0.320. The number of hydrogen-bond acceptors (Lipinski definition) is 5. The summed E-state index contributed by atoms with van der Waals surface area (Å²) in [5.41, 5.74) is 5.69. The van der Waals surface area contributed by atoms with E-state index in [1.165, 1.54) is 29.5 Å². The molecule has 5 heteroatoms. The molecule has 7 unspecified atom stereocenters. The third-order valence-corrected chi connectivity index (χ3v) is 15.7. The van der Waals surface area contributed by atoms with Gasteiger partial charge in [-0.1, -0.05) is 57.6 Å². The molecule has 5 fully saturated rings. The predicted octanol–water partition coefficient (Wildman–Crippen LogP) is 9.47.